The molecular formula is C9H11BrFN. The Morgan fingerprint density at radius 2 is 2.08 bits per heavy atom. The van der Waals surface area contributed by atoms with Gasteiger partial charge in [-0.25, -0.2) is 4.39 Å². The predicted octanol–water partition coefficient (Wildman–Crippen LogP) is 3.11. The number of pyridine rings is 1. The maximum atomic E-state index is 12.7. The van der Waals surface area contributed by atoms with E-state index < -0.39 is 0 Å². The number of alkyl halides is 1. The molecule has 0 aliphatic carbocycles. The molecule has 1 nitrogen and oxygen atoms in total. The summed E-state index contributed by atoms with van der Waals surface area (Å²) in [5, 5.41) is 0. The Hall–Kier alpha value is -0.440. The van der Waals surface area contributed by atoms with Gasteiger partial charge in [0.2, 0.25) is 0 Å². The third-order valence-electron chi connectivity index (χ3n) is 1.94. The van der Waals surface area contributed by atoms with Gasteiger partial charge in [0, 0.05) is 11.0 Å². The largest absolute Gasteiger partial charge is 0.261 e. The van der Waals surface area contributed by atoms with Crippen molar-refractivity contribution in [2.45, 2.75) is 24.6 Å². The number of hydrogen-bond acceptors (Lipinski definition) is 1. The summed E-state index contributed by atoms with van der Waals surface area (Å²) in [5.74, 6) is 0.0145. The molecule has 66 valence electrons. The molecule has 0 bridgehead atoms. The van der Waals surface area contributed by atoms with E-state index in [9.17, 15) is 4.39 Å². The number of nitrogens with zero attached hydrogens (tertiary/aromatic N) is 1. The van der Waals surface area contributed by atoms with Gasteiger partial charge in [-0.15, -0.1) is 0 Å². The van der Waals surface area contributed by atoms with Crippen molar-refractivity contribution in [1.29, 1.82) is 0 Å². The van der Waals surface area contributed by atoms with Gasteiger partial charge < -0.3 is 0 Å². The van der Waals surface area contributed by atoms with Crippen LogP contribution in [0.1, 0.15) is 25.3 Å². The van der Waals surface area contributed by atoms with Crippen LogP contribution >= 0.6 is 15.9 Å². The van der Waals surface area contributed by atoms with E-state index in [1.807, 2.05) is 13.8 Å². The second kappa shape index (κ2) is 3.99. The SMILES string of the molecule is CC(Br)C(C)c1cncc(F)c1. The first kappa shape index (κ1) is 9.65. The Labute approximate surface area is 80.1 Å². The number of rotatable bonds is 2. The van der Waals surface area contributed by atoms with Gasteiger partial charge in [0.1, 0.15) is 5.82 Å². The van der Waals surface area contributed by atoms with Gasteiger partial charge in [0.15, 0.2) is 0 Å². The van der Waals surface area contributed by atoms with Crippen molar-refractivity contribution >= 4 is 15.9 Å². The number of aromatic nitrogens is 1. The summed E-state index contributed by atoms with van der Waals surface area (Å²) in [6.07, 6.45) is 2.92. The highest BCUT2D eigenvalue weighted by Gasteiger charge is 2.11. The Morgan fingerprint density at radius 3 is 2.58 bits per heavy atom. The molecule has 0 fully saturated rings. The van der Waals surface area contributed by atoms with Crippen molar-refractivity contribution < 1.29 is 4.39 Å². The third kappa shape index (κ3) is 2.27. The van der Waals surface area contributed by atoms with Crippen LogP contribution in [-0.2, 0) is 0 Å². The van der Waals surface area contributed by atoms with Crippen molar-refractivity contribution in [3.8, 4) is 0 Å². The molecule has 1 aromatic rings. The van der Waals surface area contributed by atoms with Gasteiger partial charge in [-0.3, -0.25) is 4.98 Å². The van der Waals surface area contributed by atoms with Crippen LogP contribution in [0.4, 0.5) is 4.39 Å². The minimum Gasteiger partial charge on any atom is -0.261 e. The van der Waals surface area contributed by atoms with Crippen molar-refractivity contribution in [3.05, 3.63) is 29.8 Å². The van der Waals surface area contributed by atoms with Crippen molar-refractivity contribution in [3.63, 3.8) is 0 Å². The van der Waals surface area contributed by atoms with E-state index in [0.717, 1.165) is 5.56 Å². The minimum atomic E-state index is -0.271. The van der Waals surface area contributed by atoms with Crippen molar-refractivity contribution in [2.75, 3.05) is 0 Å². The molecule has 2 atom stereocenters. The van der Waals surface area contributed by atoms with E-state index in [1.54, 1.807) is 6.20 Å². The van der Waals surface area contributed by atoms with Crippen LogP contribution in [0.3, 0.4) is 0 Å². The van der Waals surface area contributed by atoms with Gasteiger partial charge in [-0.05, 0) is 17.5 Å². The Morgan fingerprint density at radius 1 is 1.42 bits per heavy atom. The van der Waals surface area contributed by atoms with E-state index in [4.69, 9.17) is 0 Å². The maximum absolute atomic E-state index is 12.7. The van der Waals surface area contributed by atoms with E-state index in [-0.39, 0.29) is 11.7 Å². The summed E-state index contributed by atoms with van der Waals surface area (Å²) in [6, 6.07) is 1.52. The minimum absolute atomic E-state index is 0.271. The second-order valence-corrected chi connectivity index (χ2v) is 4.35. The molecule has 0 aromatic carbocycles. The molecule has 0 N–H and O–H groups in total. The summed E-state index contributed by atoms with van der Waals surface area (Å²) >= 11 is 3.45. The molecule has 0 radical (unpaired) electrons. The fraction of sp³-hybridized carbons (Fsp3) is 0.444. The molecule has 3 heteroatoms. The lowest BCUT2D eigenvalue weighted by atomic mass is 10.0. The van der Waals surface area contributed by atoms with Crippen LogP contribution in [0.2, 0.25) is 0 Å². The molecule has 1 rings (SSSR count). The Balaban J connectivity index is 2.88. The summed E-state index contributed by atoms with van der Waals surface area (Å²) in [4.78, 5) is 4.13. The molecule has 1 heterocycles. The standard InChI is InChI=1S/C9H11BrFN/c1-6(7(2)10)8-3-9(11)5-12-4-8/h3-7H,1-2H3. The van der Waals surface area contributed by atoms with E-state index in [2.05, 4.69) is 20.9 Å². The fourth-order valence-electron chi connectivity index (χ4n) is 0.942. The van der Waals surface area contributed by atoms with E-state index in [0.29, 0.717) is 4.83 Å². The lowest BCUT2D eigenvalue weighted by Gasteiger charge is -2.13. The van der Waals surface area contributed by atoms with Gasteiger partial charge in [-0.1, -0.05) is 29.8 Å². The zero-order valence-corrected chi connectivity index (χ0v) is 8.68. The van der Waals surface area contributed by atoms with Gasteiger partial charge in [0.05, 0.1) is 6.20 Å². The van der Waals surface area contributed by atoms with E-state index >= 15 is 0 Å². The molecule has 2 unspecified atom stereocenters. The highest BCUT2D eigenvalue weighted by Crippen LogP contribution is 2.23. The zero-order chi connectivity index (χ0) is 9.14. The molecular weight excluding hydrogens is 221 g/mol. The summed E-state index contributed by atoms with van der Waals surface area (Å²) in [5.41, 5.74) is 0.930. The molecule has 0 aliphatic heterocycles. The molecule has 0 spiro atoms. The summed E-state index contributed by atoms with van der Waals surface area (Å²) in [6.45, 7) is 4.07. The third-order valence-corrected chi connectivity index (χ3v) is 2.73. The van der Waals surface area contributed by atoms with E-state index in [1.165, 1.54) is 12.3 Å². The molecule has 1 aromatic heterocycles. The first-order valence-corrected chi connectivity index (χ1v) is 4.77. The number of hydrogen-bond donors (Lipinski definition) is 0. The van der Waals surface area contributed by atoms with Crippen LogP contribution < -0.4 is 0 Å². The number of halogens is 2. The quantitative estimate of drug-likeness (QED) is 0.714. The van der Waals surface area contributed by atoms with Crippen molar-refractivity contribution in [1.82, 2.24) is 4.98 Å². The molecule has 0 amide bonds. The molecule has 0 saturated carbocycles. The van der Waals surface area contributed by atoms with Gasteiger partial charge >= 0.3 is 0 Å². The average molecular weight is 232 g/mol. The molecule has 0 saturated heterocycles. The fourth-order valence-corrected chi connectivity index (χ4v) is 1.25. The van der Waals surface area contributed by atoms with Crippen LogP contribution in [-0.4, -0.2) is 9.81 Å². The monoisotopic (exact) mass is 231 g/mol. The predicted molar refractivity (Wildman–Crippen MR) is 51.0 cm³/mol. The molecule has 0 aliphatic rings. The molecule has 12 heavy (non-hydrogen) atoms. The normalized spacial score (nSPS) is 15.7. The van der Waals surface area contributed by atoms with Crippen molar-refractivity contribution in [2.24, 2.45) is 0 Å². The van der Waals surface area contributed by atoms with Crippen LogP contribution in [0.15, 0.2) is 18.5 Å². The first-order chi connectivity index (χ1) is 5.61. The lowest BCUT2D eigenvalue weighted by Crippen LogP contribution is -2.04. The van der Waals surface area contributed by atoms with Gasteiger partial charge in [0.25, 0.3) is 0 Å². The highest BCUT2D eigenvalue weighted by molar-refractivity contribution is 9.09. The van der Waals surface area contributed by atoms with Crippen LogP contribution in [0.25, 0.3) is 0 Å². The summed E-state index contributed by atoms with van der Waals surface area (Å²) < 4.78 is 12.7. The zero-order valence-electron chi connectivity index (χ0n) is 7.09. The Kier molecular flexibility index (Phi) is 3.20. The second-order valence-electron chi connectivity index (χ2n) is 2.90. The highest BCUT2D eigenvalue weighted by atomic mass is 79.9. The smallest absolute Gasteiger partial charge is 0.141 e. The average Bonchev–Trinajstić information content (AvgIpc) is 2.03. The van der Waals surface area contributed by atoms with Gasteiger partial charge in [-0.2, -0.15) is 0 Å². The lowest BCUT2D eigenvalue weighted by molar-refractivity contribution is 0.613. The van der Waals surface area contributed by atoms with Crippen LogP contribution in [0.5, 0.6) is 0 Å². The summed E-state index contributed by atoms with van der Waals surface area (Å²) in [7, 11) is 0. The first-order valence-electron chi connectivity index (χ1n) is 3.86. The topological polar surface area (TPSA) is 12.9 Å². The Bertz CT molecular complexity index is 262. The maximum Gasteiger partial charge on any atom is 0.141 e. The van der Waals surface area contributed by atoms with Crippen LogP contribution in [0, 0.1) is 5.82 Å².